The molecule has 0 spiro atoms. The Kier molecular flexibility index (Phi) is 7.74. The van der Waals surface area contributed by atoms with Crippen LogP contribution in [-0.2, 0) is 11.2 Å². The number of methoxy groups -OCH3 is 1. The number of para-hydroxylation sites is 2. The molecule has 1 heterocycles. The summed E-state index contributed by atoms with van der Waals surface area (Å²) in [5.41, 5.74) is 3.33. The van der Waals surface area contributed by atoms with E-state index in [0.717, 1.165) is 16.3 Å². The number of rotatable bonds is 9. The van der Waals surface area contributed by atoms with Crippen molar-refractivity contribution in [1.82, 2.24) is 4.98 Å². The van der Waals surface area contributed by atoms with Crippen molar-refractivity contribution in [3.05, 3.63) is 89.4 Å². The Balaban J connectivity index is 1.33. The van der Waals surface area contributed by atoms with Crippen LogP contribution in [0.5, 0.6) is 11.5 Å². The summed E-state index contributed by atoms with van der Waals surface area (Å²) in [6.07, 6.45) is 0.156. The van der Waals surface area contributed by atoms with Gasteiger partial charge in [-0.2, -0.15) is 0 Å². The van der Waals surface area contributed by atoms with Crippen LogP contribution in [0.4, 0.5) is 11.4 Å². The van der Waals surface area contributed by atoms with Crippen molar-refractivity contribution in [3.63, 3.8) is 0 Å². The molecule has 0 unspecified atom stereocenters. The van der Waals surface area contributed by atoms with E-state index >= 15 is 0 Å². The van der Waals surface area contributed by atoms with Crippen LogP contribution in [0.15, 0.2) is 78.2 Å². The topological polar surface area (TPSA) is 89.5 Å². The molecular weight excluding hydrogens is 462 g/mol. The van der Waals surface area contributed by atoms with Crippen LogP contribution in [0, 0.1) is 0 Å². The highest BCUT2D eigenvalue weighted by atomic mass is 32.1. The van der Waals surface area contributed by atoms with Crippen molar-refractivity contribution >= 4 is 34.5 Å². The molecule has 2 amide bonds. The molecule has 0 aliphatic carbocycles. The Bertz CT molecular complexity index is 1300. The van der Waals surface area contributed by atoms with E-state index in [1.807, 2.05) is 48.7 Å². The summed E-state index contributed by atoms with van der Waals surface area (Å²) in [6, 6.07) is 21.6. The van der Waals surface area contributed by atoms with Crippen LogP contribution in [0.25, 0.3) is 10.6 Å². The number of ether oxygens (including phenoxy) is 2. The number of carbonyl (C=O) groups is 2. The Hall–Kier alpha value is -4.17. The standard InChI is InChI=1S/C27H25N3O4S/c1-3-34-22-14-10-19(11-15-22)27-29-21(17-35-27)16-25(31)28-20-12-8-18(9-13-20)26(32)30-23-6-4-5-7-24(23)33-2/h4-15,17H,3,16H2,1-2H3,(H,28,31)(H,30,32). The second-order valence-electron chi connectivity index (χ2n) is 7.56. The van der Waals surface area contributed by atoms with Gasteiger partial charge in [-0.15, -0.1) is 11.3 Å². The predicted octanol–water partition coefficient (Wildman–Crippen LogP) is 5.65. The third-order valence-corrected chi connectivity index (χ3v) is 6.03. The number of hydrogen-bond acceptors (Lipinski definition) is 6. The zero-order chi connectivity index (χ0) is 24.6. The monoisotopic (exact) mass is 487 g/mol. The Labute approximate surface area is 207 Å². The lowest BCUT2D eigenvalue weighted by atomic mass is 10.1. The average Bonchev–Trinajstić information content (AvgIpc) is 3.33. The lowest BCUT2D eigenvalue weighted by molar-refractivity contribution is -0.115. The maximum absolute atomic E-state index is 12.6. The first-order chi connectivity index (χ1) is 17.1. The van der Waals surface area contributed by atoms with Gasteiger partial charge >= 0.3 is 0 Å². The van der Waals surface area contributed by atoms with Gasteiger partial charge in [0.15, 0.2) is 0 Å². The molecule has 7 nitrogen and oxygen atoms in total. The minimum atomic E-state index is -0.267. The van der Waals surface area contributed by atoms with Crippen LogP contribution >= 0.6 is 11.3 Å². The quantitative estimate of drug-likeness (QED) is 0.318. The van der Waals surface area contributed by atoms with Gasteiger partial charge in [0, 0.05) is 22.2 Å². The number of nitrogens with zero attached hydrogens (tertiary/aromatic N) is 1. The molecule has 2 N–H and O–H groups in total. The van der Waals surface area contributed by atoms with Gasteiger partial charge in [0.25, 0.3) is 5.91 Å². The highest BCUT2D eigenvalue weighted by Crippen LogP contribution is 2.26. The van der Waals surface area contributed by atoms with Crippen LogP contribution < -0.4 is 20.1 Å². The number of carbonyl (C=O) groups excluding carboxylic acids is 2. The summed E-state index contributed by atoms with van der Waals surface area (Å²) < 4.78 is 10.7. The molecular formula is C27H25N3O4S. The van der Waals surface area contributed by atoms with Gasteiger partial charge in [-0.3, -0.25) is 9.59 Å². The number of hydrogen-bond donors (Lipinski definition) is 2. The number of benzene rings is 3. The van der Waals surface area contributed by atoms with E-state index < -0.39 is 0 Å². The summed E-state index contributed by atoms with van der Waals surface area (Å²) in [5, 5.41) is 8.42. The molecule has 0 aliphatic heterocycles. The van der Waals surface area contributed by atoms with Gasteiger partial charge in [0.05, 0.1) is 31.5 Å². The second-order valence-corrected chi connectivity index (χ2v) is 8.42. The van der Waals surface area contributed by atoms with Crippen molar-refractivity contribution in [3.8, 4) is 22.1 Å². The van der Waals surface area contributed by atoms with Crippen LogP contribution in [0.3, 0.4) is 0 Å². The van der Waals surface area contributed by atoms with Crippen molar-refractivity contribution in [2.24, 2.45) is 0 Å². The molecule has 4 rings (SSSR count). The average molecular weight is 488 g/mol. The molecule has 0 atom stereocenters. The molecule has 0 aliphatic rings. The predicted molar refractivity (Wildman–Crippen MR) is 138 cm³/mol. The smallest absolute Gasteiger partial charge is 0.255 e. The van der Waals surface area contributed by atoms with Crippen molar-refractivity contribution in [1.29, 1.82) is 0 Å². The van der Waals surface area contributed by atoms with Gasteiger partial charge in [-0.1, -0.05) is 12.1 Å². The van der Waals surface area contributed by atoms with Crippen molar-refractivity contribution in [2.75, 3.05) is 24.4 Å². The van der Waals surface area contributed by atoms with Crippen LogP contribution in [0.2, 0.25) is 0 Å². The Morgan fingerprint density at radius 3 is 2.40 bits per heavy atom. The number of anilines is 2. The van der Waals surface area contributed by atoms with Gasteiger partial charge in [0.2, 0.25) is 5.91 Å². The summed E-state index contributed by atoms with van der Waals surface area (Å²) >= 11 is 1.49. The maximum Gasteiger partial charge on any atom is 0.255 e. The summed E-state index contributed by atoms with van der Waals surface area (Å²) in [7, 11) is 1.55. The fourth-order valence-corrected chi connectivity index (χ4v) is 4.22. The number of thiazole rings is 1. The molecule has 0 radical (unpaired) electrons. The number of amides is 2. The third-order valence-electron chi connectivity index (χ3n) is 5.09. The van der Waals surface area contributed by atoms with E-state index in [4.69, 9.17) is 9.47 Å². The summed E-state index contributed by atoms with van der Waals surface area (Å²) in [5.74, 6) is 0.949. The van der Waals surface area contributed by atoms with E-state index in [-0.39, 0.29) is 18.2 Å². The minimum Gasteiger partial charge on any atom is -0.495 e. The molecule has 0 bridgehead atoms. The maximum atomic E-state index is 12.6. The van der Waals surface area contributed by atoms with E-state index in [0.29, 0.717) is 35.0 Å². The fraction of sp³-hybridized carbons (Fsp3) is 0.148. The number of nitrogens with one attached hydrogen (secondary N) is 2. The summed E-state index contributed by atoms with van der Waals surface area (Å²) in [4.78, 5) is 29.7. The molecule has 0 saturated heterocycles. The second kappa shape index (κ2) is 11.3. The lowest BCUT2D eigenvalue weighted by Gasteiger charge is -2.10. The SMILES string of the molecule is CCOc1ccc(-c2nc(CC(=O)Nc3ccc(C(=O)Nc4ccccc4OC)cc3)cs2)cc1. The Morgan fingerprint density at radius 1 is 0.943 bits per heavy atom. The van der Waals surface area contributed by atoms with Gasteiger partial charge in [-0.05, 0) is 67.6 Å². The molecule has 4 aromatic rings. The molecule has 8 heteroatoms. The normalized spacial score (nSPS) is 10.5. The fourth-order valence-electron chi connectivity index (χ4n) is 3.40. The zero-order valence-corrected chi connectivity index (χ0v) is 20.2. The zero-order valence-electron chi connectivity index (χ0n) is 19.4. The molecule has 178 valence electrons. The van der Waals surface area contributed by atoms with Gasteiger partial charge in [-0.25, -0.2) is 4.98 Å². The van der Waals surface area contributed by atoms with Crippen LogP contribution in [-0.4, -0.2) is 30.5 Å². The van der Waals surface area contributed by atoms with E-state index in [1.165, 1.54) is 11.3 Å². The van der Waals surface area contributed by atoms with Crippen LogP contribution in [0.1, 0.15) is 23.0 Å². The van der Waals surface area contributed by atoms with Crippen molar-refractivity contribution < 1.29 is 19.1 Å². The molecule has 3 aromatic carbocycles. The first kappa shape index (κ1) is 24.0. The van der Waals surface area contributed by atoms with E-state index in [9.17, 15) is 9.59 Å². The van der Waals surface area contributed by atoms with E-state index in [2.05, 4.69) is 15.6 Å². The minimum absolute atomic E-state index is 0.156. The first-order valence-electron chi connectivity index (χ1n) is 11.1. The van der Waals surface area contributed by atoms with Crippen molar-refractivity contribution in [2.45, 2.75) is 13.3 Å². The third kappa shape index (κ3) is 6.24. The lowest BCUT2D eigenvalue weighted by Crippen LogP contribution is -2.15. The van der Waals surface area contributed by atoms with Gasteiger partial charge < -0.3 is 20.1 Å². The number of aromatic nitrogens is 1. The Morgan fingerprint density at radius 2 is 1.69 bits per heavy atom. The van der Waals surface area contributed by atoms with Gasteiger partial charge in [0.1, 0.15) is 16.5 Å². The molecule has 35 heavy (non-hydrogen) atoms. The summed E-state index contributed by atoms with van der Waals surface area (Å²) in [6.45, 7) is 2.57. The molecule has 1 aromatic heterocycles. The first-order valence-corrected chi connectivity index (χ1v) is 12.0. The largest absolute Gasteiger partial charge is 0.495 e. The molecule has 0 fully saturated rings. The highest BCUT2D eigenvalue weighted by Gasteiger charge is 2.12. The van der Waals surface area contributed by atoms with E-state index in [1.54, 1.807) is 43.5 Å². The molecule has 0 saturated carbocycles. The highest BCUT2D eigenvalue weighted by molar-refractivity contribution is 7.13.